The quantitative estimate of drug-likeness (QED) is 0.726. The molecule has 0 bridgehead atoms. The van der Waals surface area contributed by atoms with E-state index in [1.807, 2.05) is 25.1 Å². The molecule has 0 unspecified atom stereocenters. The first-order valence-electron chi connectivity index (χ1n) is 7.17. The van der Waals surface area contributed by atoms with E-state index in [0.717, 1.165) is 26.7 Å². The van der Waals surface area contributed by atoms with E-state index in [2.05, 4.69) is 30.5 Å². The molecule has 0 saturated carbocycles. The van der Waals surface area contributed by atoms with Crippen LogP contribution in [0.15, 0.2) is 22.7 Å². The molecule has 0 spiro atoms. The van der Waals surface area contributed by atoms with Gasteiger partial charge in [-0.2, -0.15) is 0 Å². The van der Waals surface area contributed by atoms with Crippen molar-refractivity contribution in [3.8, 4) is 0 Å². The number of hydrogen-bond donors (Lipinski definition) is 2. The molecule has 0 saturated heterocycles. The third-order valence-electron chi connectivity index (χ3n) is 3.53. The van der Waals surface area contributed by atoms with Crippen LogP contribution in [-0.4, -0.2) is 27.7 Å². The molecule has 3 aromatic rings. The number of imidazole rings is 1. The van der Waals surface area contributed by atoms with Gasteiger partial charge in [0, 0.05) is 29.6 Å². The fourth-order valence-corrected chi connectivity index (χ4v) is 2.95. The van der Waals surface area contributed by atoms with Gasteiger partial charge in [-0.3, -0.25) is 0 Å². The number of hydrogen-bond acceptors (Lipinski definition) is 5. The van der Waals surface area contributed by atoms with Crippen molar-refractivity contribution in [3.05, 3.63) is 28.5 Å². The standard InChI is InChI=1S/C15H18BrN5O/c1-2-22-8-12-20-13-14(21(12)6-5-17)10-4-3-9(16)7-11(10)19-15(13)18/h3-4,7H,2,5-6,8,17H2,1H3,(H2,18,19). The van der Waals surface area contributed by atoms with Crippen molar-refractivity contribution in [1.82, 2.24) is 14.5 Å². The highest BCUT2D eigenvalue weighted by atomic mass is 79.9. The lowest BCUT2D eigenvalue weighted by atomic mass is 10.2. The average Bonchev–Trinajstić information content (AvgIpc) is 2.85. The Labute approximate surface area is 136 Å². The first kappa shape index (κ1) is 15.2. The highest BCUT2D eigenvalue weighted by molar-refractivity contribution is 9.10. The summed E-state index contributed by atoms with van der Waals surface area (Å²) < 4.78 is 8.56. The Bertz CT molecular complexity index is 830. The van der Waals surface area contributed by atoms with Gasteiger partial charge in [-0.05, 0) is 25.1 Å². The fourth-order valence-electron chi connectivity index (χ4n) is 2.60. The van der Waals surface area contributed by atoms with Gasteiger partial charge < -0.3 is 20.8 Å². The molecule has 116 valence electrons. The zero-order valence-corrected chi connectivity index (χ0v) is 13.9. The van der Waals surface area contributed by atoms with Gasteiger partial charge in [0.2, 0.25) is 0 Å². The van der Waals surface area contributed by atoms with Gasteiger partial charge >= 0.3 is 0 Å². The summed E-state index contributed by atoms with van der Waals surface area (Å²) in [5.41, 5.74) is 14.4. The number of pyridine rings is 1. The summed E-state index contributed by atoms with van der Waals surface area (Å²) in [4.78, 5) is 9.08. The molecule has 0 fully saturated rings. The van der Waals surface area contributed by atoms with Crippen LogP contribution < -0.4 is 11.5 Å². The number of nitrogens with zero attached hydrogens (tertiary/aromatic N) is 3. The first-order valence-corrected chi connectivity index (χ1v) is 7.96. The maximum Gasteiger partial charge on any atom is 0.152 e. The second-order valence-corrected chi connectivity index (χ2v) is 5.88. The zero-order valence-electron chi connectivity index (χ0n) is 12.3. The van der Waals surface area contributed by atoms with Crippen molar-refractivity contribution in [2.45, 2.75) is 20.1 Å². The Balaban J connectivity index is 2.33. The molecule has 0 atom stereocenters. The molecule has 3 rings (SSSR count). The Morgan fingerprint density at radius 2 is 2.14 bits per heavy atom. The lowest BCUT2D eigenvalue weighted by Crippen LogP contribution is -2.13. The lowest BCUT2D eigenvalue weighted by molar-refractivity contribution is 0.126. The van der Waals surface area contributed by atoms with Gasteiger partial charge in [0.25, 0.3) is 0 Å². The fraction of sp³-hybridized carbons (Fsp3) is 0.333. The normalized spacial score (nSPS) is 11.6. The van der Waals surface area contributed by atoms with E-state index in [1.165, 1.54) is 0 Å². The summed E-state index contributed by atoms with van der Waals surface area (Å²) in [7, 11) is 0. The Kier molecular flexibility index (Phi) is 4.28. The molecule has 22 heavy (non-hydrogen) atoms. The van der Waals surface area contributed by atoms with E-state index >= 15 is 0 Å². The summed E-state index contributed by atoms with van der Waals surface area (Å²) in [5.74, 6) is 1.25. The Hall–Kier alpha value is -1.70. The highest BCUT2D eigenvalue weighted by Crippen LogP contribution is 2.30. The summed E-state index contributed by atoms with van der Waals surface area (Å²) in [6.45, 7) is 4.20. The van der Waals surface area contributed by atoms with Crippen LogP contribution in [-0.2, 0) is 17.9 Å². The number of fused-ring (bicyclic) bond motifs is 3. The molecule has 2 aromatic heterocycles. The van der Waals surface area contributed by atoms with Crippen molar-refractivity contribution in [3.63, 3.8) is 0 Å². The third kappa shape index (κ3) is 2.55. The summed E-state index contributed by atoms with van der Waals surface area (Å²) >= 11 is 3.47. The average molecular weight is 364 g/mol. The highest BCUT2D eigenvalue weighted by Gasteiger charge is 2.17. The van der Waals surface area contributed by atoms with E-state index in [9.17, 15) is 0 Å². The third-order valence-corrected chi connectivity index (χ3v) is 4.03. The summed E-state index contributed by atoms with van der Waals surface area (Å²) in [5, 5.41) is 1.01. The summed E-state index contributed by atoms with van der Waals surface area (Å²) in [6, 6.07) is 5.96. The molecule has 2 heterocycles. The van der Waals surface area contributed by atoms with Crippen LogP contribution in [0.25, 0.3) is 21.9 Å². The van der Waals surface area contributed by atoms with E-state index in [1.54, 1.807) is 0 Å². The van der Waals surface area contributed by atoms with Crippen LogP contribution in [0.1, 0.15) is 12.7 Å². The Morgan fingerprint density at radius 3 is 2.86 bits per heavy atom. The van der Waals surface area contributed by atoms with Gasteiger partial charge in [0.15, 0.2) is 5.82 Å². The minimum atomic E-state index is 0.425. The molecule has 1 aromatic carbocycles. The molecule has 4 N–H and O–H groups in total. The predicted molar refractivity (Wildman–Crippen MR) is 91.5 cm³/mol. The van der Waals surface area contributed by atoms with Crippen molar-refractivity contribution in [1.29, 1.82) is 0 Å². The van der Waals surface area contributed by atoms with Crippen LogP contribution in [0.2, 0.25) is 0 Å². The topological polar surface area (TPSA) is 92.0 Å². The van der Waals surface area contributed by atoms with E-state index in [4.69, 9.17) is 16.2 Å². The number of nitrogens with two attached hydrogens (primary N) is 2. The SMILES string of the molecule is CCOCc1nc2c(N)nc3cc(Br)ccc3c2n1CCN. The van der Waals surface area contributed by atoms with Gasteiger partial charge in [0.05, 0.1) is 11.0 Å². The first-order chi connectivity index (χ1) is 10.7. The van der Waals surface area contributed by atoms with Crippen LogP contribution in [0, 0.1) is 0 Å². The molecular formula is C15H18BrN5O. The maximum atomic E-state index is 6.11. The van der Waals surface area contributed by atoms with Crippen molar-refractivity contribution >= 4 is 43.7 Å². The summed E-state index contributed by atoms with van der Waals surface area (Å²) in [6.07, 6.45) is 0. The smallest absolute Gasteiger partial charge is 0.152 e. The Morgan fingerprint density at radius 1 is 1.32 bits per heavy atom. The molecule has 0 amide bonds. The number of benzene rings is 1. The van der Waals surface area contributed by atoms with Crippen LogP contribution in [0.4, 0.5) is 5.82 Å². The van der Waals surface area contributed by atoms with Crippen molar-refractivity contribution in [2.75, 3.05) is 18.9 Å². The van der Waals surface area contributed by atoms with Gasteiger partial charge in [-0.25, -0.2) is 9.97 Å². The van der Waals surface area contributed by atoms with Crippen LogP contribution in [0.5, 0.6) is 0 Å². The molecule has 0 aliphatic rings. The minimum Gasteiger partial charge on any atom is -0.382 e. The number of ether oxygens (including phenoxy) is 1. The van der Waals surface area contributed by atoms with Crippen LogP contribution >= 0.6 is 15.9 Å². The van der Waals surface area contributed by atoms with Gasteiger partial charge in [-0.15, -0.1) is 0 Å². The number of anilines is 1. The number of aromatic nitrogens is 3. The lowest BCUT2D eigenvalue weighted by Gasteiger charge is -2.09. The van der Waals surface area contributed by atoms with E-state index < -0.39 is 0 Å². The van der Waals surface area contributed by atoms with Crippen molar-refractivity contribution in [2.24, 2.45) is 5.73 Å². The monoisotopic (exact) mass is 363 g/mol. The zero-order chi connectivity index (χ0) is 15.7. The van der Waals surface area contributed by atoms with E-state index in [0.29, 0.717) is 37.6 Å². The number of nitrogen functional groups attached to an aromatic ring is 1. The largest absolute Gasteiger partial charge is 0.382 e. The molecule has 0 aliphatic carbocycles. The molecule has 7 heteroatoms. The molecule has 0 radical (unpaired) electrons. The van der Waals surface area contributed by atoms with Gasteiger partial charge in [0.1, 0.15) is 17.9 Å². The molecule has 6 nitrogen and oxygen atoms in total. The van der Waals surface area contributed by atoms with E-state index in [-0.39, 0.29) is 0 Å². The van der Waals surface area contributed by atoms with Crippen molar-refractivity contribution < 1.29 is 4.74 Å². The maximum absolute atomic E-state index is 6.11. The van der Waals surface area contributed by atoms with Gasteiger partial charge in [-0.1, -0.05) is 15.9 Å². The number of halogens is 1. The molecular weight excluding hydrogens is 346 g/mol. The number of rotatable bonds is 5. The minimum absolute atomic E-state index is 0.425. The molecule has 0 aliphatic heterocycles. The second-order valence-electron chi connectivity index (χ2n) is 4.96. The predicted octanol–water partition coefficient (Wildman–Crippen LogP) is 2.42. The van der Waals surface area contributed by atoms with Crippen LogP contribution in [0.3, 0.4) is 0 Å². The second kappa shape index (κ2) is 6.20.